The van der Waals surface area contributed by atoms with E-state index in [9.17, 15) is 9.59 Å². The van der Waals surface area contributed by atoms with E-state index >= 15 is 0 Å². The number of ether oxygens (including phenoxy) is 1. The Labute approximate surface area is 183 Å². The molecule has 1 aliphatic carbocycles. The zero-order valence-electron chi connectivity index (χ0n) is 18.1. The van der Waals surface area contributed by atoms with E-state index in [0.29, 0.717) is 31.7 Å². The van der Waals surface area contributed by atoms with E-state index in [2.05, 4.69) is 5.32 Å². The number of nitrogens with one attached hydrogen (secondary N) is 1. The lowest BCUT2D eigenvalue weighted by Crippen LogP contribution is -2.55. The smallest absolute Gasteiger partial charge is 0.257 e. The van der Waals surface area contributed by atoms with Crippen LogP contribution in [0, 0.1) is 0 Å². The number of nitrogens with zero attached hydrogens (tertiary/aromatic N) is 2. The fraction of sp³-hybridized carbons (Fsp3) is 0.500. The molecule has 7 heteroatoms. The van der Waals surface area contributed by atoms with Crippen molar-refractivity contribution in [1.29, 1.82) is 0 Å². The van der Waals surface area contributed by atoms with E-state index in [-0.39, 0.29) is 11.8 Å². The summed E-state index contributed by atoms with van der Waals surface area (Å²) in [7, 11) is 1.65. The van der Waals surface area contributed by atoms with Crippen LogP contribution in [0.5, 0.6) is 5.75 Å². The molecule has 1 N–H and O–H groups in total. The Morgan fingerprint density at radius 2 is 1.65 bits per heavy atom. The highest BCUT2D eigenvalue weighted by atomic mass is 16.5. The van der Waals surface area contributed by atoms with Crippen LogP contribution in [-0.2, 0) is 4.79 Å². The van der Waals surface area contributed by atoms with Crippen LogP contribution in [0.2, 0.25) is 0 Å². The predicted octanol–water partition coefficient (Wildman–Crippen LogP) is 3.78. The molecule has 2 amide bonds. The van der Waals surface area contributed by atoms with Crippen LogP contribution in [0.1, 0.15) is 48.9 Å². The zero-order valence-corrected chi connectivity index (χ0v) is 18.1. The Hall–Kier alpha value is -2.96. The number of anilines is 1. The minimum Gasteiger partial charge on any atom is -0.497 e. The molecule has 2 aliphatic rings. The van der Waals surface area contributed by atoms with E-state index < -0.39 is 5.54 Å². The van der Waals surface area contributed by atoms with Crippen molar-refractivity contribution in [3.63, 3.8) is 0 Å². The molecule has 7 nitrogen and oxygen atoms in total. The number of rotatable bonds is 5. The van der Waals surface area contributed by atoms with E-state index in [4.69, 9.17) is 9.15 Å². The molecule has 0 bridgehead atoms. The highest BCUT2D eigenvalue weighted by molar-refractivity contribution is 5.94. The fourth-order valence-electron chi connectivity index (χ4n) is 4.69. The highest BCUT2D eigenvalue weighted by Crippen LogP contribution is 2.34. The van der Waals surface area contributed by atoms with Crippen molar-refractivity contribution in [3.05, 3.63) is 48.4 Å². The van der Waals surface area contributed by atoms with E-state index in [0.717, 1.165) is 50.0 Å². The maximum absolute atomic E-state index is 13.8. The molecule has 2 fully saturated rings. The van der Waals surface area contributed by atoms with Crippen molar-refractivity contribution >= 4 is 17.5 Å². The van der Waals surface area contributed by atoms with Gasteiger partial charge in [-0.25, -0.2) is 0 Å². The molecular weight excluding hydrogens is 394 g/mol. The van der Waals surface area contributed by atoms with Gasteiger partial charge in [-0.1, -0.05) is 19.3 Å². The predicted molar refractivity (Wildman–Crippen MR) is 118 cm³/mol. The molecule has 1 saturated heterocycles. The number of furan rings is 1. The third-order valence-electron chi connectivity index (χ3n) is 6.43. The topological polar surface area (TPSA) is 75.0 Å². The van der Waals surface area contributed by atoms with Gasteiger partial charge in [0.25, 0.3) is 5.91 Å². The van der Waals surface area contributed by atoms with Gasteiger partial charge in [0.15, 0.2) is 0 Å². The average molecular weight is 426 g/mol. The first-order chi connectivity index (χ1) is 15.1. The molecule has 0 unspecified atom stereocenters. The van der Waals surface area contributed by atoms with E-state index in [1.807, 2.05) is 34.1 Å². The maximum Gasteiger partial charge on any atom is 0.257 e. The second kappa shape index (κ2) is 9.45. The SMILES string of the molecule is COc1ccc(NC2(C(=O)N3CCCN(C(=O)c4ccoc4)CC3)CCCCC2)cc1. The molecule has 1 aliphatic heterocycles. The lowest BCUT2D eigenvalue weighted by molar-refractivity contribution is -0.137. The molecule has 1 aromatic heterocycles. The summed E-state index contributed by atoms with van der Waals surface area (Å²) in [5.74, 6) is 0.914. The Balaban J connectivity index is 1.47. The van der Waals surface area contributed by atoms with Crippen molar-refractivity contribution in [3.8, 4) is 5.75 Å². The third kappa shape index (κ3) is 4.70. The maximum atomic E-state index is 13.8. The molecule has 0 spiro atoms. The van der Waals surface area contributed by atoms with Crippen LogP contribution in [0.25, 0.3) is 0 Å². The number of hydrogen-bond donors (Lipinski definition) is 1. The van der Waals surface area contributed by atoms with Crippen molar-refractivity contribution in [2.75, 3.05) is 38.6 Å². The first-order valence-corrected chi connectivity index (χ1v) is 11.1. The van der Waals surface area contributed by atoms with Crippen LogP contribution in [0.4, 0.5) is 5.69 Å². The largest absolute Gasteiger partial charge is 0.497 e. The van der Waals surface area contributed by atoms with Gasteiger partial charge < -0.3 is 24.3 Å². The Morgan fingerprint density at radius 3 is 2.32 bits per heavy atom. The van der Waals surface area contributed by atoms with E-state index in [1.54, 1.807) is 13.2 Å². The summed E-state index contributed by atoms with van der Waals surface area (Å²) >= 11 is 0. The number of amides is 2. The first kappa shape index (κ1) is 21.3. The van der Waals surface area contributed by atoms with Gasteiger partial charge in [-0.2, -0.15) is 0 Å². The summed E-state index contributed by atoms with van der Waals surface area (Å²) in [4.78, 5) is 30.2. The molecule has 0 radical (unpaired) electrons. The van der Waals surface area contributed by atoms with Gasteiger partial charge in [0, 0.05) is 31.9 Å². The van der Waals surface area contributed by atoms with Crippen LogP contribution in [0.15, 0.2) is 47.3 Å². The minimum absolute atomic E-state index is 0.0354. The standard InChI is InChI=1S/C24H31N3O4/c1-30-21-8-6-20(7-9-21)25-24(11-3-2-4-12-24)23(29)27-14-5-13-26(15-16-27)22(28)19-10-17-31-18-19/h6-10,17-18,25H,2-5,11-16H2,1H3. The average Bonchev–Trinajstić information content (AvgIpc) is 3.24. The Kier molecular flexibility index (Phi) is 6.49. The van der Waals surface area contributed by atoms with Crippen LogP contribution in [-0.4, -0.2) is 60.4 Å². The molecule has 2 heterocycles. The summed E-state index contributed by atoms with van der Waals surface area (Å²) < 4.78 is 10.3. The van der Waals surface area contributed by atoms with Crippen LogP contribution < -0.4 is 10.1 Å². The number of carbonyl (C=O) groups is 2. The summed E-state index contributed by atoms with van der Waals surface area (Å²) in [5.41, 5.74) is 0.906. The Morgan fingerprint density at radius 1 is 0.935 bits per heavy atom. The molecule has 2 aromatic rings. The molecule has 1 saturated carbocycles. The number of carbonyl (C=O) groups excluding carboxylic acids is 2. The van der Waals surface area contributed by atoms with Crippen molar-refractivity contribution in [2.24, 2.45) is 0 Å². The van der Waals surface area contributed by atoms with Gasteiger partial charge in [0.1, 0.15) is 17.6 Å². The summed E-state index contributed by atoms with van der Waals surface area (Å²) in [6.07, 6.45) is 8.64. The summed E-state index contributed by atoms with van der Waals surface area (Å²) in [6.45, 7) is 2.40. The van der Waals surface area contributed by atoms with Crippen molar-refractivity contribution in [2.45, 2.75) is 44.1 Å². The molecule has 31 heavy (non-hydrogen) atoms. The van der Waals surface area contributed by atoms with E-state index in [1.165, 1.54) is 12.5 Å². The molecule has 166 valence electrons. The molecule has 4 rings (SSSR count). The van der Waals surface area contributed by atoms with Gasteiger partial charge in [-0.3, -0.25) is 9.59 Å². The molecule has 1 aromatic carbocycles. The molecular formula is C24H31N3O4. The first-order valence-electron chi connectivity index (χ1n) is 11.1. The van der Waals surface area contributed by atoms with Crippen molar-refractivity contribution < 1.29 is 18.7 Å². The molecule has 0 atom stereocenters. The second-order valence-corrected chi connectivity index (χ2v) is 8.45. The van der Waals surface area contributed by atoms with Gasteiger partial charge in [-0.05, 0) is 49.6 Å². The van der Waals surface area contributed by atoms with Crippen LogP contribution >= 0.6 is 0 Å². The Bertz CT molecular complexity index is 873. The number of benzene rings is 1. The zero-order chi connectivity index (χ0) is 21.7. The van der Waals surface area contributed by atoms with Crippen LogP contribution in [0.3, 0.4) is 0 Å². The number of hydrogen-bond acceptors (Lipinski definition) is 5. The summed E-state index contributed by atoms with van der Waals surface area (Å²) in [6, 6.07) is 9.45. The normalized spacial score (nSPS) is 18.9. The lowest BCUT2D eigenvalue weighted by Gasteiger charge is -2.41. The minimum atomic E-state index is -0.587. The van der Waals surface area contributed by atoms with Gasteiger partial charge in [0.05, 0.1) is 18.9 Å². The van der Waals surface area contributed by atoms with Gasteiger partial charge >= 0.3 is 0 Å². The number of methoxy groups -OCH3 is 1. The second-order valence-electron chi connectivity index (χ2n) is 8.45. The fourth-order valence-corrected chi connectivity index (χ4v) is 4.69. The van der Waals surface area contributed by atoms with Gasteiger partial charge in [-0.15, -0.1) is 0 Å². The monoisotopic (exact) mass is 425 g/mol. The highest BCUT2D eigenvalue weighted by Gasteiger charge is 2.42. The quantitative estimate of drug-likeness (QED) is 0.789. The summed E-state index contributed by atoms with van der Waals surface area (Å²) in [5, 5.41) is 3.58. The third-order valence-corrected chi connectivity index (χ3v) is 6.43. The van der Waals surface area contributed by atoms with Crippen molar-refractivity contribution in [1.82, 2.24) is 9.80 Å². The van der Waals surface area contributed by atoms with Gasteiger partial charge in [0.2, 0.25) is 5.91 Å². The lowest BCUT2D eigenvalue weighted by atomic mass is 9.80.